The number of rotatable bonds is 7. The normalized spacial score (nSPS) is 17.3. The number of sulfonamides is 1. The Labute approximate surface area is 184 Å². The number of nitrogens with one attached hydrogen (secondary N) is 1. The van der Waals surface area contributed by atoms with Gasteiger partial charge in [-0.15, -0.1) is 0 Å². The van der Waals surface area contributed by atoms with Crippen LogP contribution in [0.2, 0.25) is 0 Å². The Morgan fingerprint density at radius 3 is 2.52 bits per heavy atom. The number of aryl methyl sites for hydroxylation is 1. The number of nitrogens with zero attached hydrogens (tertiary/aromatic N) is 1. The molecule has 31 heavy (non-hydrogen) atoms. The molecule has 0 aliphatic carbocycles. The van der Waals surface area contributed by atoms with Gasteiger partial charge in [-0.3, -0.25) is 9.10 Å². The maximum atomic E-state index is 12.9. The van der Waals surface area contributed by atoms with Gasteiger partial charge in [0.25, 0.3) is 0 Å². The second-order valence-electron chi connectivity index (χ2n) is 8.42. The van der Waals surface area contributed by atoms with E-state index in [1.165, 1.54) is 0 Å². The van der Waals surface area contributed by atoms with E-state index in [1.807, 2.05) is 45.9 Å². The minimum absolute atomic E-state index is 0.270. The summed E-state index contributed by atoms with van der Waals surface area (Å²) in [5.74, 6) is 1.00. The zero-order valence-electron chi connectivity index (χ0n) is 18.6. The van der Waals surface area contributed by atoms with Gasteiger partial charge in [0.15, 0.2) is 0 Å². The molecule has 1 heterocycles. The standard InChI is InChI=1S/C23H30N2O5S/c1-6-29-18-10-8-17(9-11-18)25(31(5,27)28)15-22(26)24-20-14-23(3,4)30-21-13-16(2)7-12-19(20)21/h7-13,20H,6,14-15H2,1-5H3,(H,24,26). The molecular weight excluding hydrogens is 416 g/mol. The van der Waals surface area contributed by atoms with E-state index >= 15 is 0 Å². The molecule has 168 valence electrons. The third kappa shape index (κ3) is 5.70. The summed E-state index contributed by atoms with van der Waals surface area (Å²) in [6.07, 6.45) is 1.67. The summed E-state index contributed by atoms with van der Waals surface area (Å²) in [7, 11) is -3.66. The summed E-state index contributed by atoms with van der Waals surface area (Å²) >= 11 is 0. The molecule has 1 amide bonds. The fourth-order valence-electron chi connectivity index (χ4n) is 3.73. The Balaban J connectivity index is 1.80. The number of fused-ring (bicyclic) bond motifs is 1. The first kappa shape index (κ1) is 22.9. The fraction of sp³-hybridized carbons (Fsp3) is 0.435. The van der Waals surface area contributed by atoms with Crippen molar-refractivity contribution in [1.82, 2.24) is 5.32 Å². The van der Waals surface area contributed by atoms with Crippen LogP contribution in [0.5, 0.6) is 11.5 Å². The number of carbonyl (C=O) groups is 1. The van der Waals surface area contributed by atoms with Crippen LogP contribution >= 0.6 is 0 Å². The van der Waals surface area contributed by atoms with Gasteiger partial charge in [0.2, 0.25) is 15.9 Å². The second kappa shape index (κ2) is 8.78. The van der Waals surface area contributed by atoms with Crippen molar-refractivity contribution in [2.24, 2.45) is 0 Å². The first-order valence-electron chi connectivity index (χ1n) is 10.3. The van der Waals surface area contributed by atoms with Gasteiger partial charge in [0, 0.05) is 12.0 Å². The fourth-order valence-corrected chi connectivity index (χ4v) is 4.59. The van der Waals surface area contributed by atoms with E-state index in [4.69, 9.17) is 9.47 Å². The lowest BCUT2D eigenvalue weighted by Crippen LogP contribution is -2.45. The SMILES string of the molecule is CCOc1ccc(N(CC(=O)NC2CC(C)(C)Oc3cc(C)ccc32)S(C)(=O)=O)cc1. The van der Waals surface area contributed by atoms with Gasteiger partial charge >= 0.3 is 0 Å². The van der Waals surface area contributed by atoms with Gasteiger partial charge in [-0.25, -0.2) is 8.42 Å². The number of amides is 1. The van der Waals surface area contributed by atoms with E-state index < -0.39 is 15.6 Å². The molecule has 1 aliphatic heterocycles. The number of carbonyl (C=O) groups excluding carboxylic acids is 1. The summed E-state index contributed by atoms with van der Waals surface area (Å²) in [5.41, 5.74) is 1.92. The number of ether oxygens (including phenoxy) is 2. The Bertz CT molecular complexity index is 1050. The van der Waals surface area contributed by atoms with Crippen LogP contribution in [0, 0.1) is 6.92 Å². The van der Waals surface area contributed by atoms with Gasteiger partial charge in [-0.2, -0.15) is 0 Å². The van der Waals surface area contributed by atoms with E-state index in [9.17, 15) is 13.2 Å². The molecule has 7 nitrogen and oxygen atoms in total. The second-order valence-corrected chi connectivity index (χ2v) is 10.3. The number of benzene rings is 2. The van der Waals surface area contributed by atoms with Gasteiger partial charge in [0.05, 0.1) is 24.6 Å². The molecule has 0 bridgehead atoms. The molecule has 0 spiro atoms. The van der Waals surface area contributed by atoms with Crippen molar-refractivity contribution >= 4 is 21.6 Å². The number of hydrogen-bond donors (Lipinski definition) is 1. The summed E-state index contributed by atoms with van der Waals surface area (Å²) in [5, 5.41) is 3.00. The topological polar surface area (TPSA) is 84.9 Å². The Morgan fingerprint density at radius 1 is 1.23 bits per heavy atom. The molecule has 0 saturated carbocycles. The third-order valence-corrected chi connectivity index (χ3v) is 6.23. The van der Waals surface area contributed by atoms with Crippen molar-refractivity contribution in [1.29, 1.82) is 0 Å². The predicted octanol–water partition coefficient (Wildman–Crippen LogP) is 3.58. The van der Waals surface area contributed by atoms with E-state index in [-0.39, 0.29) is 18.5 Å². The summed E-state index contributed by atoms with van der Waals surface area (Å²) < 4.78 is 37.4. The molecule has 0 saturated heterocycles. The molecule has 2 aromatic carbocycles. The van der Waals surface area contributed by atoms with Crippen LogP contribution in [0.15, 0.2) is 42.5 Å². The lowest BCUT2D eigenvalue weighted by atomic mass is 9.89. The van der Waals surface area contributed by atoms with Crippen LogP contribution < -0.4 is 19.1 Å². The molecule has 1 atom stereocenters. The molecule has 2 aromatic rings. The summed E-state index contributed by atoms with van der Waals surface area (Å²) in [6, 6.07) is 12.3. The Hall–Kier alpha value is -2.74. The maximum Gasteiger partial charge on any atom is 0.241 e. The van der Waals surface area contributed by atoms with E-state index in [0.717, 1.165) is 27.4 Å². The third-order valence-electron chi connectivity index (χ3n) is 5.08. The van der Waals surface area contributed by atoms with Crippen molar-refractivity contribution in [3.05, 3.63) is 53.6 Å². The van der Waals surface area contributed by atoms with Crippen molar-refractivity contribution < 1.29 is 22.7 Å². The Kier molecular flexibility index (Phi) is 6.50. The summed E-state index contributed by atoms with van der Waals surface area (Å²) in [6.45, 7) is 8.00. The molecule has 1 aliphatic rings. The van der Waals surface area contributed by atoms with Crippen LogP contribution in [0.25, 0.3) is 0 Å². The lowest BCUT2D eigenvalue weighted by molar-refractivity contribution is -0.120. The molecule has 1 unspecified atom stereocenters. The van der Waals surface area contributed by atoms with Crippen molar-refractivity contribution in [3.63, 3.8) is 0 Å². The van der Waals surface area contributed by atoms with Crippen LogP contribution in [0.3, 0.4) is 0 Å². The molecule has 0 radical (unpaired) electrons. The molecule has 1 N–H and O–H groups in total. The maximum absolute atomic E-state index is 12.9. The average molecular weight is 447 g/mol. The largest absolute Gasteiger partial charge is 0.494 e. The quantitative estimate of drug-likeness (QED) is 0.703. The predicted molar refractivity (Wildman–Crippen MR) is 121 cm³/mol. The zero-order chi connectivity index (χ0) is 22.8. The molecule has 0 aromatic heterocycles. The van der Waals surface area contributed by atoms with Crippen molar-refractivity contribution in [2.75, 3.05) is 23.7 Å². The molecule has 0 fully saturated rings. The highest BCUT2D eigenvalue weighted by atomic mass is 32.2. The highest BCUT2D eigenvalue weighted by molar-refractivity contribution is 7.92. The smallest absolute Gasteiger partial charge is 0.241 e. The monoisotopic (exact) mass is 446 g/mol. The van der Waals surface area contributed by atoms with Crippen molar-refractivity contribution in [2.45, 2.75) is 45.8 Å². The van der Waals surface area contributed by atoms with Gasteiger partial charge in [0.1, 0.15) is 23.6 Å². The first-order chi connectivity index (χ1) is 14.5. The number of hydrogen-bond acceptors (Lipinski definition) is 5. The van der Waals surface area contributed by atoms with E-state index in [2.05, 4.69) is 5.32 Å². The molecule has 8 heteroatoms. The van der Waals surface area contributed by atoms with Crippen LogP contribution in [-0.4, -0.2) is 39.3 Å². The minimum atomic E-state index is -3.66. The highest BCUT2D eigenvalue weighted by Gasteiger charge is 2.35. The van der Waals surface area contributed by atoms with Gasteiger partial charge in [-0.1, -0.05) is 12.1 Å². The van der Waals surface area contributed by atoms with Gasteiger partial charge in [-0.05, 0) is 63.6 Å². The zero-order valence-corrected chi connectivity index (χ0v) is 19.5. The first-order valence-corrected chi connectivity index (χ1v) is 12.1. The van der Waals surface area contributed by atoms with Crippen LogP contribution in [0.1, 0.15) is 44.4 Å². The average Bonchev–Trinajstić information content (AvgIpc) is 2.65. The molecular formula is C23H30N2O5S. The van der Waals surface area contributed by atoms with Crippen LogP contribution in [0.4, 0.5) is 5.69 Å². The highest BCUT2D eigenvalue weighted by Crippen LogP contribution is 2.39. The Morgan fingerprint density at radius 2 is 1.90 bits per heavy atom. The molecule has 3 rings (SSSR count). The number of anilines is 1. The van der Waals surface area contributed by atoms with E-state index in [1.54, 1.807) is 24.3 Å². The summed E-state index contributed by atoms with van der Waals surface area (Å²) in [4.78, 5) is 12.9. The minimum Gasteiger partial charge on any atom is -0.494 e. The lowest BCUT2D eigenvalue weighted by Gasteiger charge is -2.38. The van der Waals surface area contributed by atoms with Crippen molar-refractivity contribution in [3.8, 4) is 11.5 Å². The van der Waals surface area contributed by atoms with E-state index in [0.29, 0.717) is 24.5 Å². The van der Waals surface area contributed by atoms with Crippen LogP contribution in [-0.2, 0) is 14.8 Å². The van der Waals surface area contributed by atoms with Gasteiger partial charge < -0.3 is 14.8 Å².